The predicted octanol–water partition coefficient (Wildman–Crippen LogP) is 5.96. The van der Waals surface area contributed by atoms with Crippen LogP contribution >= 0.6 is 0 Å². The Labute approximate surface area is 214 Å². The molecule has 37 heavy (non-hydrogen) atoms. The van der Waals surface area contributed by atoms with E-state index in [9.17, 15) is 9.18 Å². The number of hydrogen-bond acceptors (Lipinski definition) is 6. The summed E-state index contributed by atoms with van der Waals surface area (Å²) >= 11 is 0. The van der Waals surface area contributed by atoms with E-state index >= 15 is 0 Å². The minimum Gasteiger partial charge on any atom is -0.493 e. The first kappa shape index (κ1) is 23.3. The van der Waals surface area contributed by atoms with Gasteiger partial charge in [-0.3, -0.25) is 0 Å². The van der Waals surface area contributed by atoms with E-state index in [1.54, 1.807) is 11.1 Å². The van der Waals surface area contributed by atoms with Gasteiger partial charge >= 0.3 is 5.97 Å². The highest BCUT2D eigenvalue weighted by Crippen LogP contribution is 2.37. The van der Waals surface area contributed by atoms with Gasteiger partial charge in [-0.05, 0) is 59.0 Å². The van der Waals surface area contributed by atoms with Crippen molar-refractivity contribution in [1.29, 1.82) is 0 Å². The third-order valence-corrected chi connectivity index (χ3v) is 7.02. The van der Waals surface area contributed by atoms with E-state index in [0.717, 1.165) is 22.8 Å². The summed E-state index contributed by atoms with van der Waals surface area (Å²) < 4.78 is 30.6. The highest BCUT2D eigenvalue weighted by Gasteiger charge is 2.33. The molecule has 0 aromatic heterocycles. The normalized spacial score (nSPS) is 19.1. The maximum absolute atomic E-state index is 13.6. The minimum atomic E-state index is -0.382. The minimum absolute atomic E-state index is 0.00458. The molecular weight excluding hydrogens is 473 g/mol. The number of carbonyl (C=O) groups is 1. The summed E-state index contributed by atoms with van der Waals surface area (Å²) in [6.45, 7) is 1.65. The van der Waals surface area contributed by atoms with Gasteiger partial charge in [-0.1, -0.05) is 48.5 Å². The average molecular weight is 500 g/mol. The smallest absolute Gasteiger partial charge is 0.357 e. The first-order valence-electron chi connectivity index (χ1n) is 12.4. The number of halogens is 1. The average Bonchev–Trinajstić information content (AvgIpc) is 3.40. The lowest BCUT2D eigenvalue weighted by Gasteiger charge is -2.37. The molecular formula is C30H26FNO5. The van der Waals surface area contributed by atoms with Crippen LogP contribution in [0.2, 0.25) is 0 Å². The Morgan fingerprint density at radius 3 is 2.65 bits per heavy atom. The van der Waals surface area contributed by atoms with E-state index in [-0.39, 0.29) is 30.4 Å². The standard InChI is InChI=1S/C30H26FNO5/c31-23-10-8-21(9-11-23)25-14-15-32(37-30(33)27-7-3-5-20-4-1-2-6-26(20)27)17-22(25)18-34-24-12-13-28-29(16-24)36-19-35-28/h1-13,16,22,25H,14-15,17-19H2/t22-,25-/m0/s1. The topological polar surface area (TPSA) is 57.2 Å². The summed E-state index contributed by atoms with van der Waals surface area (Å²) in [4.78, 5) is 19.0. The van der Waals surface area contributed by atoms with E-state index in [2.05, 4.69) is 0 Å². The maximum Gasteiger partial charge on any atom is 0.357 e. The third kappa shape index (κ3) is 4.95. The second-order valence-electron chi connectivity index (χ2n) is 9.33. The molecule has 0 amide bonds. The van der Waals surface area contributed by atoms with Crippen molar-refractivity contribution >= 4 is 16.7 Å². The Bertz CT molecular complexity index is 1420. The quantitative estimate of drug-likeness (QED) is 0.326. The van der Waals surface area contributed by atoms with Gasteiger partial charge in [0.15, 0.2) is 11.5 Å². The van der Waals surface area contributed by atoms with Crippen LogP contribution in [0.15, 0.2) is 84.9 Å². The molecule has 4 aromatic rings. The second-order valence-corrected chi connectivity index (χ2v) is 9.33. The molecule has 4 aromatic carbocycles. The van der Waals surface area contributed by atoms with Crippen LogP contribution in [0.5, 0.6) is 17.2 Å². The van der Waals surface area contributed by atoms with Crippen molar-refractivity contribution in [2.24, 2.45) is 5.92 Å². The zero-order chi connectivity index (χ0) is 25.2. The van der Waals surface area contributed by atoms with Gasteiger partial charge < -0.3 is 19.0 Å². The van der Waals surface area contributed by atoms with Gasteiger partial charge in [-0.2, -0.15) is 0 Å². The fourth-order valence-corrected chi connectivity index (χ4v) is 5.14. The monoisotopic (exact) mass is 499 g/mol. The van der Waals surface area contributed by atoms with Crippen LogP contribution < -0.4 is 14.2 Å². The molecule has 6 nitrogen and oxygen atoms in total. The maximum atomic E-state index is 13.6. The Kier molecular flexibility index (Phi) is 6.37. The first-order valence-corrected chi connectivity index (χ1v) is 12.4. The van der Waals surface area contributed by atoms with Crippen LogP contribution in [0.1, 0.15) is 28.3 Å². The summed E-state index contributed by atoms with van der Waals surface area (Å²) in [5.74, 6) is 1.51. The molecule has 0 spiro atoms. The molecule has 0 bridgehead atoms. The summed E-state index contributed by atoms with van der Waals surface area (Å²) in [6.07, 6.45) is 0.740. The Morgan fingerprint density at radius 1 is 0.946 bits per heavy atom. The van der Waals surface area contributed by atoms with Gasteiger partial charge in [0, 0.05) is 25.1 Å². The number of benzene rings is 4. The van der Waals surface area contributed by atoms with Gasteiger partial charge in [-0.15, -0.1) is 5.06 Å². The number of carbonyl (C=O) groups excluding carboxylic acids is 1. The molecule has 188 valence electrons. The fourth-order valence-electron chi connectivity index (χ4n) is 5.14. The van der Waals surface area contributed by atoms with E-state index < -0.39 is 0 Å². The van der Waals surface area contributed by atoms with E-state index in [4.69, 9.17) is 19.0 Å². The lowest BCUT2D eigenvalue weighted by Crippen LogP contribution is -2.43. The lowest BCUT2D eigenvalue weighted by atomic mass is 9.81. The second kappa shape index (κ2) is 10.1. The van der Waals surface area contributed by atoms with E-state index in [1.165, 1.54) is 12.1 Å². The third-order valence-electron chi connectivity index (χ3n) is 7.02. The van der Waals surface area contributed by atoms with Crippen molar-refractivity contribution in [2.45, 2.75) is 12.3 Å². The molecule has 1 fully saturated rings. The molecule has 0 unspecified atom stereocenters. The van der Waals surface area contributed by atoms with Crippen molar-refractivity contribution in [2.75, 3.05) is 26.5 Å². The van der Waals surface area contributed by atoms with Crippen LogP contribution in [0.25, 0.3) is 10.8 Å². The number of hydrogen-bond donors (Lipinski definition) is 0. The van der Waals surface area contributed by atoms with E-state index in [0.29, 0.717) is 42.5 Å². The van der Waals surface area contributed by atoms with Crippen molar-refractivity contribution < 1.29 is 28.2 Å². The SMILES string of the molecule is O=C(ON1CC[C@@H](c2ccc(F)cc2)[C@H](COc2ccc3c(c2)OCO3)C1)c1cccc2ccccc12. The molecule has 1 saturated heterocycles. The van der Waals surface area contributed by atoms with Crippen LogP contribution in [-0.2, 0) is 4.84 Å². The summed E-state index contributed by atoms with van der Waals surface area (Å²) in [7, 11) is 0. The number of hydroxylamine groups is 2. The summed E-state index contributed by atoms with van der Waals surface area (Å²) in [5, 5.41) is 3.57. The van der Waals surface area contributed by atoms with Crippen molar-refractivity contribution in [3.05, 3.63) is 102 Å². The van der Waals surface area contributed by atoms with E-state index in [1.807, 2.05) is 66.7 Å². The predicted molar refractivity (Wildman–Crippen MR) is 136 cm³/mol. The molecule has 0 saturated carbocycles. The number of rotatable bonds is 6. The summed E-state index contributed by atoms with van der Waals surface area (Å²) in [6, 6.07) is 25.5. The van der Waals surface area contributed by atoms with Gasteiger partial charge in [-0.25, -0.2) is 9.18 Å². The zero-order valence-corrected chi connectivity index (χ0v) is 20.1. The van der Waals surface area contributed by atoms with Gasteiger partial charge in [0.1, 0.15) is 11.6 Å². The molecule has 7 heteroatoms. The molecule has 2 atom stereocenters. The Hall–Kier alpha value is -4.10. The highest BCUT2D eigenvalue weighted by atomic mass is 19.1. The van der Waals surface area contributed by atoms with Crippen LogP contribution in [0.3, 0.4) is 0 Å². The summed E-state index contributed by atoms with van der Waals surface area (Å²) in [5.41, 5.74) is 1.58. The number of ether oxygens (including phenoxy) is 3. The van der Waals surface area contributed by atoms with Crippen LogP contribution in [0.4, 0.5) is 4.39 Å². The Morgan fingerprint density at radius 2 is 1.76 bits per heavy atom. The highest BCUT2D eigenvalue weighted by molar-refractivity contribution is 6.04. The van der Waals surface area contributed by atoms with Gasteiger partial charge in [0.2, 0.25) is 6.79 Å². The molecule has 2 aliphatic heterocycles. The van der Waals surface area contributed by atoms with Crippen LogP contribution in [-0.4, -0.2) is 37.5 Å². The van der Waals surface area contributed by atoms with Crippen molar-refractivity contribution in [1.82, 2.24) is 5.06 Å². The number of piperidine rings is 1. The van der Waals surface area contributed by atoms with Gasteiger partial charge in [0.05, 0.1) is 12.2 Å². The first-order chi connectivity index (χ1) is 18.1. The van der Waals surface area contributed by atoms with Crippen molar-refractivity contribution in [3.63, 3.8) is 0 Å². The molecule has 0 radical (unpaired) electrons. The fraction of sp³-hybridized carbons (Fsp3) is 0.233. The molecule has 0 aliphatic carbocycles. The van der Waals surface area contributed by atoms with Crippen LogP contribution in [0, 0.1) is 11.7 Å². The largest absolute Gasteiger partial charge is 0.493 e. The molecule has 2 aliphatic rings. The molecule has 6 rings (SSSR count). The van der Waals surface area contributed by atoms with Crippen molar-refractivity contribution in [3.8, 4) is 17.2 Å². The molecule has 0 N–H and O–H groups in total. The molecule has 2 heterocycles. The number of nitrogens with zero attached hydrogens (tertiary/aromatic N) is 1. The Balaban J connectivity index is 1.19. The zero-order valence-electron chi connectivity index (χ0n) is 20.1. The van der Waals surface area contributed by atoms with Gasteiger partial charge in [0.25, 0.3) is 0 Å². The lowest BCUT2D eigenvalue weighted by molar-refractivity contribution is -0.136. The number of fused-ring (bicyclic) bond motifs is 2.